The fourth-order valence-corrected chi connectivity index (χ4v) is 1.30. The number of aliphatic hydroxyl groups is 2. The summed E-state index contributed by atoms with van der Waals surface area (Å²) in [6, 6.07) is 0.831. The van der Waals surface area contributed by atoms with Gasteiger partial charge in [-0.05, 0) is 6.07 Å². The second kappa shape index (κ2) is 4.26. The van der Waals surface area contributed by atoms with Crippen LogP contribution in [0.3, 0.4) is 0 Å². The molecule has 0 amide bonds. The molecule has 0 aliphatic carbocycles. The number of nitrogens with two attached hydrogens (primary N) is 1. The van der Waals surface area contributed by atoms with Crippen molar-refractivity contribution >= 4 is 5.82 Å². The highest BCUT2D eigenvalue weighted by atomic mass is 19.3. The highest BCUT2D eigenvalue weighted by Crippen LogP contribution is 2.41. The van der Waals surface area contributed by atoms with Crippen LogP contribution in [0, 0.1) is 0 Å². The van der Waals surface area contributed by atoms with Gasteiger partial charge in [-0.2, -0.15) is 13.8 Å². The Hall–Kier alpha value is -1.58. The summed E-state index contributed by atoms with van der Waals surface area (Å²) in [7, 11) is 0. The minimum atomic E-state index is -5.01. The summed E-state index contributed by atoms with van der Waals surface area (Å²) < 4.78 is 69.2. The van der Waals surface area contributed by atoms with Crippen molar-refractivity contribution in [2.45, 2.75) is 24.3 Å². The lowest BCUT2D eigenvalue weighted by Gasteiger charge is -2.20. The van der Waals surface area contributed by atoms with Crippen LogP contribution < -0.4 is 11.4 Å². The molecular weight excluding hydrogens is 252 g/mol. The number of alkyl halides is 2. The van der Waals surface area contributed by atoms with Crippen molar-refractivity contribution < 1.29 is 30.6 Å². The first-order valence-corrected chi connectivity index (χ1v) is 4.50. The number of halogens is 2. The van der Waals surface area contributed by atoms with Crippen LogP contribution >= 0.6 is 0 Å². The average molecular weight is 268 g/mol. The van der Waals surface area contributed by atoms with Crippen LogP contribution in [0.1, 0.15) is 13.1 Å². The van der Waals surface area contributed by atoms with Gasteiger partial charge in [0, 0.05) is 6.20 Å². The summed E-state index contributed by atoms with van der Waals surface area (Å²) >= 11 is 0. The topological polar surface area (TPSA) is 111 Å². The summed E-state index contributed by atoms with van der Waals surface area (Å²) in [5.74, 6) is -5.40. The van der Waals surface area contributed by atoms with E-state index in [1.54, 1.807) is 0 Å². The van der Waals surface area contributed by atoms with E-state index in [2.05, 4.69) is 9.72 Å². The van der Waals surface area contributed by atoms with Crippen molar-refractivity contribution in [3.8, 4) is 0 Å². The summed E-state index contributed by atoms with van der Waals surface area (Å²) in [5.41, 5.74) is 3.65. The molecule has 100 valence electrons. The highest BCUT2D eigenvalue weighted by molar-refractivity contribution is 5.23. The Balaban J connectivity index is 2.76. The van der Waals surface area contributed by atoms with Crippen LogP contribution in [0.25, 0.3) is 0 Å². The minimum Gasteiger partial charge on any atom is -0.394 e. The fraction of sp³-hybridized carbons (Fsp3) is 0.556. The third-order valence-electron chi connectivity index (χ3n) is 2.13. The smallest absolute Gasteiger partial charge is 0.351 e. The Labute approximate surface area is 106 Å². The molecule has 9 heteroatoms. The second-order valence-electron chi connectivity index (χ2n) is 3.28. The monoisotopic (exact) mass is 268 g/mol. The zero-order valence-electron chi connectivity index (χ0n) is 13.6. The van der Waals surface area contributed by atoms with Crippen LogP contribution in [0.5, 0.6) is 0 Å². The maximum atomic E-state index is 14.4. The summed E-state index contributed by atoms with van der Waals surface area (Å²) in [4.78, 5) is 14.7. The molecule has 0 saturated carbocycles. The second-order valence-corrected chi connectivity index (χ2v) is 3.28. The van der Waals surface area contributed by atoms with Crippen LogP contribution in [0.15, 0.2) is 17.1 Å². The Morgan fingerprint density at radius 1 is 1.78 bits per heavy atom. The van der Waals surface area contributed by atoms with Gasteiger partial charge >= 0.3 is 11.6 Å². The number of hydrogen-bond acceptors (Lipinski definition) is 6. The van der Waals surface area contributed by atoms with Gasteiger partial charge in [0.05, 0.1) is 13.4 Å². The van der Waals surface area contributed by atoms with E-state index in [1.165, 1.54) is 0 Å². The summed E-state index contributed by atoms with van der Waals surface area (Å²) in [6.45, 7) is -3.97. The molecule has 1 aromatic rings. The van der Waals surface area contributed by atoms with Gasteiger partial charge in [-0.15, -0.1) is 0 Å². The van der Waals surface area contributed by atoms with E-state index >= 15 is 0 Å². The number of nitrogen functional groups attached to an aromatic ring is 1. The normalized spacial score (nSPS) is 47.7. The highest BCUT2D eigenvalue weighted by Gasteiger charge is 2.59. The first kappa shape index (κ1) is 7.77. The van der Waals surface area contributed by atoms with E-state index in [0.29, 0.717) is 6.20 Å². The van der Waals surface area contributed by atoms with Crippen molar-refractivity contribution in [2.75, 3.05) is 12.3 Å². The first-order valence-electron chi connectivity index (χ1n) is 7.00. The van der Waals surface area contributed by atoms with Gasteiger partial charge in [-0.25, -0.2) is 4.79 Å². The Bertz CT molecular complexity index is 711. The van der Waals surface area contributed by atoms with Crippen molar-refractivity contribution in [3.05, 3.63) is 22.7 Å². The molecular formula is C9H11F2N3O4. The molecule has 0 aromatic carbocycles. The molecule has 4 N–H and O–H groups in total. The van der Waals surface area contributed by atoms with E-state index in [9.17, 15) is 23.8 Å². The minimum absolute atomic E-state index is 0.176. The lowest BCUT2D eigenvalue weighted by molar-refractivity contribution is -0.140. The molecule has 0 bridgehead atoms. The first-order chi connectivity index (χ1) is 10.1. The SMILES string of the molecule is [2H]C([2H])(O)[C@@]1([2H])O[C@@]([2H])(n2ccc(N)nc2=O)C(F)(F)[C@]1([2H])O. The molecule has 18 heavy (non-hydrogen) atoms. The number of hydrogen-bond donors (Lipinski definition) is 3. The predicted molar refractivity (Wildman–Crippen MR) is 54.9 cm³/mol. The number of aromatic nitrogens is 2. The predicted octanol–water partition coefficient (Wildman–Crippen LogP) is -1.29. The number of ether oxygens (including phenoxy) is 1. The molecule has 1 aliphatic heterocycles. The number of rotatable bonds is 2. The third kappa shape index (κ3) is 1.85. The molecule has 0 unspecified atom stereocenters. The van der Waals surface area contributed by atoms with Gasteiger partial charge in [0.15, 0.2) is 6.08 Å². The van der Waals surface area contributed by atoms with Crippen molar-refractivity contribution in [2.24, 2.45) is 0 Å². The van der Waals surface area contributed by atoms with Gasteiger partial charge in [-0.3, -0.25) is 4.57 Å². The van der Waals surface area contributed by atoms with Crippen LogP contribution in [0.4, 0.5) is 14.6 Å². The molecule has 3 atom stereocenters. The average Bonchev–Trinajstić information content (AvgIpc) is 2.46. The van der Waals surface area contributed by atoms with Crippen molar-refractivity contribution in [3.63, 3.8) is 0 Å². The van der Waals surface area contributed by atoms with E-state index in [0.717, 1.165) is 6.07 Å². The lowest BCUT2D eigenvalue weighted by Crippen LogP contribution is -2.41. The summed E-state index contributed by atoms with van der Waals surface area (Å²) in [5, 5.41) is 18.9. The van der Waals surface area contributed by atoms with Crippen molar-refractivity contribution in [1.29, 1.82) is 0 Å². The van der Waals surface area contributed by atoms with E-state index in [-0.39, 0.29) is 10.4 Å². The lowest BCUT2D eigenvalue weighted by atomic mass is 10.1. The van der Waals surface area contributed by atoms with Crippen LogP contribution in [-0.2, 0) is 4.74 Å². The van der Waals surface area contributed by atoms with Gasteiger partial charge in [-0.1, -0.05) is 0 Å². The standard InChI is InChI=1S/C9H11F2N3O4/c10-9(11)6(16)4(3-15)18-7(9)14-2-1-5(12)13-8(14)17/h1-2,4,6-7,15-16H,3H2,(H2,12,13,17)/t4-,6-,7-/m1/s1/i3D2,4D,6D,7D. The number of anilines is 1. The Kier molecular flexibility index (Phi) is 1.84. The molecule has 0 spiro atoms. The molecule has 2 rings (SSSR count). The van der Waals surface area contributed by atoms with Crippen LogP contribution in [-0.4, -0.2) is 44.4 Å². The molecule has 7 nitrogen and oxygen atoms in total. The fourth-order valence-electron chi connectivity index (χ4n) is 1.30. The summed E-state index contributed by atoms with van der Waals surface area (Å²) in [6.07, 6.45) is -11.8. The van der Waals surface area contributed by atoms with Crippen molar-refractivity contribution in [1.82, 2.24) is 9.55 Å². The molecule has 2 heterocycles. The molecule has 1 aliphatic rings. The van der Waals surface area contributed by atoms with Gasteiger partial charge < -0.3 is 20.7 Å². The maximum absolute atomic E-state index is 14.4. The largest absolute Gasteiger partial charge is 0.394 e. The van der Waals surface area contributed by atoms with Gasteiger partial charge in [0.1, 0.15) is 11.9 Å². The molecule has 1 fully saturated rings. The van der Waals surface area contributed by atoms with E-state index < -0.39 is 36.5 Å². The van der Waals surface area contributed by atoms with Crippen LogP contribution in [0.2, 0.25) is 0 Å². The Morgan fingerprint density at radius 2 is 2.44 bits per heavy atom. The van der Waals surface area contributed by atoms with Gasteiger partial charge in [0.25, 0.3) is 0 Å². The Morgan fingerprint density at radius 3 is 2.94 bits per heavy atom. The zero-order valence-corrected chi connectivity index (χ0v) is 8.59. The van der Waals surface area contributed by atoms with Gasteiger partial charge in [0.2, 0.25) is 6.20 Å². The van der Waals surface area contributed by atoms with E-state index in [1.807, 2.05) is 0 Å². The molecule has 1 saturated heterocycles. The third-order valence-corrected chi connectivity index (χ3v) is 2.13. The molecule has 1 aromatic heterocycles. The number of nitrogens with zero attached hydrogens (tertiary/aromatic N) is 2. The maximum Gasteiger partial charge on any atom is 0.351 e. The molecule has 0 radical (unpaired) electrons. The quantitative estimate of drug-likeness (QED) is 0.615. The zero-order chi connectivity index (χ0) is 18.1. The van der Waals surface area contributed by atoms with E-state index in [4.69, 9.17) is 12.6 Å².